The summed E-state index contributed by atoms with van der Waals surface area (Å²) in [6.45, 7) is 10.3. The van der Waals surface area contributed by atoms with Crippen molar-refractivity contribution in [1.82, 2.24) is 10.3 Å². The Kier molecular flexibility index (Phi) is 5.41. The molecule has 0 aromatic carbocycles. The first-order valence-corrected chi connectivity index (χ1v) is 8.30. The lowest BCUT2D eigenvalue weighted by molar-refractivity contribution is 0.0685. The Morgan fingerprint density at radius 2 is 2.10 bits per heavy atom. The summed E-state index contributed by atoms with van der Waals surface area (Å²) in [7, 11) is 2.15. The molecular formula is C15H27N3OS. The fourth-order valence-corrected chi connectivity index (χ4v) is 3.10. The molecule has 0 bridgehead atoms. The van der Waals surface area contributed by atoms with Crippen LogP contribution in [0.25, 0.3) is 0 Å². The quantitative estimate of drug-likeness (QED) is 0.907. The fraction of sp³-hybridized carbons (Fsp3) is 0.800. The second-order valence-electron chi connectivity index (χ2n) is 6.66. The Bertz CT molecular complexity index is 407. The predicted molar refractivity (Wildman–Crippen MR) is 85.5 cm³/mol. The molecule has 2 heterocycles. The number of nitrogens with one attached hydrogen (secondary N) is 1. The van der Waals surface area contributed by atoms with E-state index in [1.54, 1.807) is 11.3 Å². The highest BCUT2D eigenvalue weighted by Gasteiger charge is 2.17. The summed E-state index contributed by atoms with van der Waals surface area (Å²) in [6.07, 6.45) is 2.35. The Morgan fingerprint density at radius 3 is 2.75 bits per heavy atom. The van der Waals surface area contributed by atoms with Crippen molar-refractivity contribution in [1.29, 1.82) is 0 Å². The second kappa shape index (κ2) is 6.87. The molecule has 0 atom stereocenters. The molecule has 1 aromatic heterocycles. The van der Waals surface area contributed by atoms with Crippen molar-refractivity contribution in [2.24, 2.45) is 5.92 Å². The number of hydrogen-bond acceptors (Lipinski definition) is 5. The van der Waals surface area contributed by atoms with Gasteiger partial charge in [-0.15, -0.1) is 11.3 Å². The Hall–Kier alpha value is -0.650. The van der Waals surface area contributed by atoms with Gasteiger partial charge in [0.15, 0.2) is 5.13 Å². The third-order valence-corrected chi connectivity index (χ3v) is 4.54. The first kappa shape index (κ1) is 15.7. The fourth-order valence-electron chi connectivity index (χ4n) is 2.30. The highest BCUT2D eigenvalue weighted by molar-refractivity contribution is 7.13. The summed E-state index contributed by atoms with van der Waals surface area (Å²) in [4.78, 5) is 7.02. The molecule has 1 saturated heterocycles. The van der Waals surface area contributed by atoms with E-state index in [0.717, 1.165) is 43.0 Å². The minimum absolute atomic E-state index is 0.137. The van der Waals surface area contributed by atoms with Gasteiger partial charge in [0.05, 0.1) is 5.69 Å². The van der Waals surface area contributed by atoms with Crippen molar-refractivity contribution in [2.45, 2.75) is 45.7 Å². The third kappa shape index (κ3) is 5.04. The lowest BCUT2D eigenvalue weighted by Gasteiger charge is -2.26. The number of rotatable bonds is 5. The van der Waals surface area contributed by atoms with Crippen molar-refractivity contribution in [3.63, 3.8) is 0 Å². The van der Waals surface area contributed by atoms with Gasteiger partial charge in [-0.3, -0.25) is 0 Å². The van der Waals surface area contributed by atoms with Crippen LogP contribution in [0.2, 0.25) is 0 Å². The average Bonchev–Trinajstić information content (AvgIpc) is 2.86. The Labute approximate surface area is 126 Å². The number of aromatic nitrogens is 1. The molecule has 114 valence electrons. The molecule has 0 radical (unpaired) electrons. The molecule has 0 spiro atoms. The molecule has 5 heteroatoms. The van der Waals surface area contributed by atoms with Crippen LogP contribution in [-0.4, -0.2) is 37.3 Å². The van der Waals surface area contributed by atoms with Gasteiger partial charge in [-0.25, -0.2) is 4.98 Å². The topological polar surface area (TPSA) is 37.4 Å². The molecule has 20 heavy (non-hydrogen) atoms. The third-order valence-electron chi connectivity index (χ3n) is 3.54. The Balaban J connectivity index is 1.84. The van der Waals surface area contributed by atoms with E-state index in [2.05, 4.69) is 43.4 Å². The highest BCUT2D eigenvalue weighted by atomic mass is 32.1. The molecule has 0 unspecified atom stereocenters. The SMILES string of the molecule is CN(CC1CCOCC1)c1nc(CNC(C)(C)C)cs1. The number of hydrogen-bond donors (Lipinski definition) is 1. The number of thiazole rings is 1. The van der Waals surface area contributed by atoms with Crippen LogP contribution in [-0.2, 0) is 11.3 Å². The van der Waals surface area contributed by atoms with E-state index >= 15 is 0 Å². The lowest BCUT2D eigenvalue weighted by atomic mass is 10.0. The summed E-state index contributed by atoms with van der Waals surface area (Å²) in [5, 5.41) is 6.77. The van der Waals surface area contributed by atoms with Gasteiger partial charge >= 0.3 is 0 Å². The zero-order chi connectivity index (χ0) is 14.6. The zero-order valence-corrected chi connectivity index (χ0v) is 13.9. The van der Waals surface area contributed by atoms with Gasteiger partial charge in [0.25, 0.3) is 0 Å². The number of nitrogens with zero attached hydrogens (tertiary/aromatic N) is 2. The maximum absolute atomic E-state index is 5.42. The second-order valence-corrected chi connectivity index (χ2v) is 7.50. The standard InChI is InChI=1S/C15H27N3OS/c1-15(2,3)16-9-13-11-20-14(17-13)18(4)10-12-5-7-19-8-6-12/h11-12,16H,5-10H2,1-4H3. The summed E-state index contributed by atoms with van der Waals surface area (Å²) in [6, 6.07) is 0. The molecule has 0 amide bonds. The molecule has 1 aromatic rings. The van der Waals surface area contributed by atoms with Crippen LogP contribution in [0.5, 0.6) is 0 Å². The number of anilines is 1. The van der Waals surface area contributed by atoms with Crippen molar-refractivity contribution in [2.75, 3.05) is 31.7 Å². The van der Waals surface area contributed by atoms with Crippen LogP contribution in [0.15, 0.2) is 5.38 Å². The summed E-state index contributed by atoms with van der Waals surface area (Å²) in [5.74, 6) is 0.744. The van der Waals surface area contributed by atoms with E-state index in [-0.39, 0.29) is 5.54 Å². The van der Waals surface area contributed by atoms with Gasteiger partial charge in [0.1, 0.15) is 0 Å². The monoisotopic (exact) mass is 297 g/mol. The first-order chi connectivity index (χ1) is 9.44. The van der Waals surface area contributed by atoms with Crippen LogP contribution in [0, 0.1) is 5.92 Å². The van der Waals surface area contributed by atoms with Crippen molar-refractivity contribution in [3.8, 4) is 0 Å². The molecule has 1 fully saturated rings. The van der Waals surface area contributed by atoms with Gasteiger partial charge < -0.3 is 15.0 Å². The minimum atomic E-state index is 0.137. The van der Waals surface area contributed by atoms with Crippen molar-refractivity contribution < 1.29 is 4.74 Å². The molecule has 0 aliphatic carbocycles. The first-order valence-electron chi connectivity index (χ1n) is 7.42. The van der Waals surface area contributed by atoms with Gasteiger partial charge in [-0.05, 0) is 39.5 Å². The Morgan fingerprint density at radius 1 is 1.40 bits per heavy atom. The summed E-state index contributed by atoms with van der Waals surface area (Å²) >= 11 is 1.74. The predicted octanol–water partition coefficient (Wildman–Crippen LogP) is 2.89. The molecule has 2 rings (SSSR count). The van der Waals surface area contributed by atoms with E-state index in [1.165, 1.54) is 12.8 Å². The van der Waals surface area contributed by atoms with E-state index in [0.29, 0.717) is 0 Å². The largest absolute Gasteiger partial charge is 0.381 e. The van der Waals surface area contributed by atoms with Gasteiger partial charge in [-0.2, -0.15) is 0 Å². The molecular weight excluding hydrogens is 270 g/mol. The van der Waals surface area contributed by atoms with Gasteiger partial charge in [0.2, 0.25) is 0 Å². The van der Waals surface area contributed by atoms with E-state index in [1.807, 2.05) is 0 Å². The smallest absolute Gasteiger partial charge is 0.185 e. The van der Waals surface area contributed by atoms with Crippen LogP contribution in [0.1, 0.15) is 39.3 Å². The van der Waals surface area contributed by atoms with Crippen LogP contribution in [0.4, 0.5) is 5.13 Å². The normalized spacial score (nSPS) is 17.4. The van der Waals surface area contributed by atoms with E-state index in [4.69, 9.17) is 9.72 Å². The molecule has 1 aliphatic heterocycles. The summed E-state index contributed by atoms with van der Waals surface area (Å²) in [5.41, 5.74) is 1.27. The van der Waals surface area contributed by atoms with Crippen molar-refractivity contribution in [3.05, 3.63) is 11.1 Å². The molecule has 4 nitrogen and oxygen atoms in total. The van der Waals surface area contributed by atoms with Gasteiger partial charge in [0, 0.05) is 44.3 Å². The maximum atomic E-state index is 5.42. The van der Waals surface area contributed by atoms with Gasteiger partial charge in [-0.1, -0.05) is 0 Å². The molecule has 1 N–H and O–H groups in total. The zero-order valence-electron chi connectivity index (χ0n) is 13.1. The highest BCUT2D eigenvalue weighted by Crippen LogP contribution is 2.23. The number of ether oxygens (including phenoxy) is 1. The molecule has 0 saturated carbocycles. The minimum Gasteiger partial charge on any atom is -0.381 e. The van der Waals surface area contributed by atoms with E-state index < -0.39 is 0 Å². The average molecular weight is 297 g/mol. The summed E-state index contributed by atoms with van der Waals surface area (Å²) < 4.78 is 5.42. The lowest BCUT2D eigenvalue weighted by Crippen LogP contribution is -2.35. The van der Waals surface area contributed by atoms with Crippen LogP contribution < -0.4 is 10.2 Å². The van der Waals surface area contributed by atoms with E-state index in [9.17, 15) is 0 Å². The van der Waals surface area contributed by atoms with Crippen LogP contribution >= 0.6 is 11.3 Å². The maximum Gasteiger partial charge on any atom is 0.185 e. The van der Waals surface area contributed by atoms with Crippen molar-refractivity contribution >= 4 is 16.5 Å². The van der Waals surface area contributed by atoms with Crippen LogP contribution in [0.3, 0.4) is 0 Å². The molecule has 1 aliphatic rings.